The van der Waals surface area contributed by atoms with Gasteiger partial charge in [-0.3, -0.25) is 4.79 Å². The molecular weight excluding hydrogens is 280 g/mol. The lowest BCUT2D eigenvalue weighted by molar-refractivity contribution is -0.122. The molecule has 0 unspecified atom stereocenters. The lowest BCUT2D eigenvalue weighted by atomic mass is 9.95. The second-order valence-corrected chi connectivity index (χ2v) is 6.75. The molecule has 1 aliphatic carbocycles. The first-order chi connectivity index (χ1) is 10.3. The first-order valence-corrected chi connectivity index (χ1v) is 8.66. The molecule has 0 aliphatic heterocycles. The molecule has 112 valence electrons. The van der Waals surface area contributed by atoms with Crippen molar-refractivity contribution in [2.75, 3.05) is 0 Å². The highest BCUT2D eigenvalue weighted by Gasteiger charge is 2.21. The third-order valence-corrected chi connectivity index (χ3v) is 5.18. The quantitative estimate of drug-likeness (QED) is 0.890. The number of carbonyl (C=O) groups excluding carboxylic acids is 1. The maximum Gasteiger partial charge on any atom is 0.222 e. The van der Waals surface area contributed by atoms with Gasteiger partial charge in [0, 0.05) is 23.3 Å². The number of rotatable bonds is 5. The van der Waals surface area contributed by atoms with Gasteiger partial charge in [-0.05, 0) is 36.4 Å². The molecule has 0 bridgehead atoms. The summed E-state index contributed by atoms with van der Waals surface area (Å²) < 4.78 is 2.13. The van der Waals surface area contributed by atoms with Gasteiger partial charge in [-0.25, -0.2) is 0 Å². The average Bonchev–Trinajstić information content (AvgIpc) is 3.19. The Morgan fingerprint density at radius 1 is 1.24 bits per heavy atom. The number of amides is 1. The summed E-state index contributed by atoms with van der Waals surface area (Å²) in [7, 11) is 0. The summed E-state index contributed by atoms with van der Waals surface area (Å²) in [5.41, 5.74) is 0. The first-order valence-electron chi connectivity index (χ1n) is 7.78. The Morgan fingerprint density at radius 2 is 2.00 bits per heavy atom. The normalized spacial score (nSPS) is 17.5. The summed E-state index contributed by atoms with van der Waals surface area (Å²) in [6.07, 6.45) is 10.7. The number of thiophene rings is 1. The first kappa shape index (κ1) is 14.4. The molecule has 4 heteroatoms. The van der Waals surface area contributed by atoms with Gasteiger partial charge in [-0.2, -0.15) is 0 Å². The van der Waals surface area contributed by atoms with Gasteiger partial charge in [0.15, 0.2) is 0 Å². The van der Waals surface area contributed by atoms with E-state index in [1.807, 2.05) is 24.5 Å². The zero-order valence-electron chi connectivity index (χ0n) is 12.2. The second kappa shape index (κ2) is 6.94. The monoisotopic (exact) mass is 302 g/mol. The standard InChI is InChI=1S/C17H22N2OS/c20-17(18-14-7-2-1-3-8-14)13-15(16-9-6-12-21-16)19-10-4-5-11-19/h4-6,9-12,14-15H,1-3,7-8,13H2,(H,18,20)/t15-/m1/s1. The van der Waals surface area contributed by atoms with Gasteiger partial charge in [0.05, 0.1) is 12.5 Å². The Morgan fingerprint density at radius 3 is 2.67 bits per heavy atom. The van der Waals surface area contributed by atoms with Crippen LogP contribution in [0.4, 0.5) is 0 Å². The van der Waals surface area contributed by atoms with Gasteiger partial charge < -0.3 is 9.88 Å². The summed E-state index contributed by atoms with van der Waals surface area (Å²) >= 11 is 1.72. The molecule has 0 spiro atoms. The van der Waals surface area contributed by atoms with E-state index in [-0.39, 0.29) is 11.9 Å². The zero-order chi connectivity index (χ0) is 14.5. The van der Waals surface area contributed by atoms with Crippen LogP contribution in [0.25, 0.3) is 0 Å². The van der Waals surface area contributed by atoms with E-state index in [0.717, 1.165) is 12.8 Å². The molecule has 1 aliphatic rings. The molecule has 21 heavy (non-hydrogen) atoms. The van der Waals surface area contributed by atoms with E-state index in [9.17, 15) is 4.79 Å². The van der Waals surface area contributed by atoms with E-state index in [2.05, 4.69) is 27.4 Å². The summed E-state index contributed by atoms with van der Waals surface area (Å²) in [6.45, 7) is 0. The minimum Gasteiger partial charge on any atom is -0.353 e. The lowest BCUT2D eigenvalue weighted by Crippen LogP contribution is -2.37. The predicted molar refractivity (Wildman–Crippen MR) is 86.5 cm³/mol. The van der Waals surface area contributed by atoms with Crippen LogP contribution in [0.15, 0.2) is 42.0 Å². The molecule has 1 N–H and O–H groups in total. The highest BCUT2D eigenvalue weighted by molar-refractivity contribution is 7.10. The highest BCUT2D eigenvalue weighted by atomic mass is 32.1. The van der Waals surface area contributed by atoms with Crippen LogP contribution in [0.5, 0.6) is 0 Å². The molecule has 1 amide bonds. The van der Waals surface area contributed by atoms with Gasteiger partial charge >= 0.3 is 0 Å². The summed E-state index contributed by atoms with van der Waals surface area (Å²) in [5.74, 6) is 0.175. The molecule has 1 fully saturated rings. The van der Waals surface area contributed by atoms with Crippen molar-refractivity contribution in [3.63, 3.8) is 0 Å². The highest BCUT2D eigenvalue weighted by Crippen LogP contribution is 2.27. The molecule has 0 aromatic carbocycles. The third-order valence-electron chi connectivity index (χ3n) is 4.21. The SMILES string of the molecule is O=C(C[C@H](c1cccs1)n1cccc1)NC1CCCCC1. The van der Waals surface area contributed by atoms with Gasteiger partial charge in [-0.15, -0.1) is 11.3 Å². The topological polar surface area (TPSA) is 34.0 Å². The Kier molecular flexibility index (Phi) is 4.76. The minimum absolute atomic E-state index is 0.114. The Labute approximate surface area is 130 Å². The van der Waals surface area contributed by atoms with Crippen LogP contribution in [0.1, 0.15) is 49.4 Å². The van der Waals surface area contributed by atoms with Crippen LogP contribution >= 0.6 is 11.3 Å². The third kappa shape index (κ3) is 3.76. The predicted octanol–water partition coefficient (Wildman–Crippen LogP) is 3.98. The molecule has 1 atom stereocenters. The lowest BCUT2D eigenvalue weighted by Gasteiger charge is -2.24. The van der Waals surface area contributed by atoms with Gasteiger partial charge in [-0.1, -0.05) is 25.3 Å². The van der Waals surface area contributed by atoms with Gasteiger partial charge in [0.1, 0.15) is 0 Å². The van der Waals surface area contributed by atoms with Crippen molar-refractivity contribution >= 4 is 17.2 Å². The minimum atomic E-state index is 0.114. The number of carbonyl (C=O) groups is 1. The molecule has 2 aromatic rings. The molecule has 2 heterocycles. The summed E-state index contributed by atoms with van der Waals surface area (Å²) in [6, 6.07) is 8.70. The number of hydrogen-bond acceptors (Lipinski definition) is 2. The molecule has 0 radical (unpaired) electrons. The van der Waals surface area contributed by atoms with Crippen molar-refractivity contribution in [1.29, 1.82) is 0 Å². The fourth-order valence-corrected chi connectivity index (χ4v) is 3.93. The summed E-state index contributed by atoms with van der Waals surface area (Å²) in [4.78, 5) is 13.6. The number of aromatic nitrogens is 1. The van der Waals surface area contributed by atoms with E-state index in [1.54, 1.807) is 11.3 Å². The number of nitrogens with one attached hydrogen (secondary N) is 1. The average molecular weight is 302 g/mol. The van der Waals surface area contributed by atoms with Crippen molar-refractivity contribution < 1.29 is 4.79 Å². The molecule has 2 aromatic heterocycles. The second-order valence-electron chi connectivity index (χ2n) is 5.77. The van der Waals surface area contributed by atoms with Crippen molar-refractivity contribution in [3.05, 3.63) is 46.9 Å². The van der Waals surface area contributed by atoms with Gasteiger partial charge in [0.25, 0.3) is 0 Å². The van der Waals surface area contributed by atoms with Crippen LogP contribution in [0.2, 0.25) is 0 Å². The van der Waals surface area contributed by atoms with Gasteiger partial charge in [0.2, 0.25) is 5.91 Å². The van der Waals surface area contributed by atoms with Crippen LogP contribution in [0.3, 0.4) is 0 Å². The van der Waals surface area contributed by atoms with Crippen LogP contribution in [-0.2, 0) is 4.79 Å². The Balaban J connectivity index is 1.65. The van der Waals surface area contributed by atoms with E-state index >= 15 is 0 Å². The zero-order valence-corrected chi connectivity index (χ0v) is 13.0. The maximum absolute atomic E-state index is 12.4. The van der Waals surface area contributed by atoms with E-state index in [4.69, 9.17) is 0 Å². The fraction of sp³-hybridized carbons (Fsp3) is 0.471. The number of hydrogen-bond donors (Lipinski definition) is 1. The Hall–Kier alpha value is -1.55. The van der Waals surface area contributed by atoms with Crippen LogP contribution in [-0.4, -0.2) is 16.5 Å². The molecule has 1 saturated carbocycles. The van der Waals surface area contributed by atoms with Crippen molar-refractivity contribution in [2.45, 2.75) is 50.6 Å². The fourth-order valence-electron chi connectivity index (χ4n) is 3.10. The molecular formula is C17H22N2OS. The van der Waals surface area contributed by atoms with Crippen LogP contribution in [0, 0.1) is 0 Å². The van der Waals surface area contributed by atoms with E-state index in [1.165, 1.54) is 24.1 Å². The van der Waals surface area contributed by atoms with E-state index in [0.29, 0.717) is 12.5 Å². The largest absolute Gasteiger partial charge is 0.353 e. The van der Waals surface area contributed by atoms with Crippen molar-refractivity contribution in [2.24, 2.45) is 0 Å². The van der Waals surface area contributed by atoms with Crippen LogP contribution < -0.4 is 5.32 Å². The Bertz CT molecular complexity index is 507. The molecule has 3 rings (SSSR count). The number of nitrogens with zero attached hydrogens (tertiary/aromatic N) is 1. The van der Waals surface area contributed by atoms with E-state index < -0.39 is 0 Å². The summed E-state index contributed by atoms with van der Waals surface area (Å²) in [5, 5.41) is 5.30. The maximum atomic E-state index is 12.4. The smallest absolute Gasteiger partial charge is 0.222 e. The molecule has 0 saturated heterocycles. The van der Waals surface area contributed by atoms with Crippen molar-refractivity contribution in [3.8, 4) is 0 Å². The van der Waals surface area contributed by atoms with Crippen molar-refractivity contribution in [1.82, 2.24) is 9.88 Å². The molecule has 3 nitrogen and oxygen atoms in total.